The Labute approximate surface area is 202 Å². The van der Waals surface area contributed by atoms with Gasteiger partial charge in [-0.25, -0.2) is 14.6 Å². The highest BCUT2D eigenvalue weighted by molar-refractivity contribution is 5.95. The second-order valence-corrected chi connectivity index (χ2v) is 8.07. The first-order chi connectivity index (χ1) is 17.4. The second kappa shape index (κ2) is 8.80. The molecule has 1 N–H and O–H groups in total. The Hall–Kier alpha value is -4.07. The molecular formula is C23H15F6N3O5. The highest BCUT2D eigenvalue weighted by Gasteiger charge is 2.43. The molecule has 0 unspecified atom stereocenters. The Morgan fingerprint density at radius 3 is 2.41 bits per heavy atom. The predicted octanol–water partition coefficient (Wildman–Crippen LogP) is 4.50. The van der Waals surface area contributed by atoms with Crippen LogP contribution >= 0.6 is 0 Å². The number of alkyl halides is 6. The Bertz CT molecular complexity index is 1570. The van der Waals surface area contributed by atoms with E-state index >= 15 is 0 Å². The molecule has 5 rings (SSSR count). The number of halogens is 6. The van der Waals surface area contributed by atoms with Gasteiger partial charge in [0.2, 0.25) is 5.89 Å². The van der Waals surface area contributed by atoms with Gasteiger partial charge in [-0.1, -0.05) is 6.07 Å². The topological polar surface area (TPSA) is 97.8 Å². The maximum Gasteiger partial charge on any atom is 0.491 e. The molecule has 0 aliphatic carbocycles. The number of aromatic nitrogens is 1. The van der Waals surface area contributed by atoms with Crippen LogP contribution < -0.4 is 20.6 Å². The molecule has 0 atom stereocenters. The third-order valence-corrected chi connectivity index (χ3v) is 5.69. The number of rotatable bonds is 3. The summed E-state index contributed by atoms with van der Waals surface area (Å²) in [5, 5.41) is 2.94. The van der Waals surface area contributed by atoms with E-state index in [4.69, 9.17) is 8.83 Å². The van der Waals surface area contributed by atoms with Gasteiger partial charge in [-0.3, -0.25) is 0 Å². The van der Waals surface area contributed by atoms with Crippen LogP contribution in [-0.2, 0) is 11.0 Å². The van der Waals surface area contributed by atoms with Gasteiger partial charge in [0, 0.05) is 37.9 Å². The van der Waals surface area contributed by atoms with Crippen LogP contribution in [0.15, 0.2) is 50.0 Å². The third kappa shape index (κ3) is 4.59. The van der Waals surface area contributed by atoms with Crippen LogP contribution in [0.25, 0.3) is 33.5 Å². The van der Waals surface area contributed by atoms with Gasteiger partial charge in [0.1, 0.15) is 11.1 Å². The van der Waals surface area contributed by atoms with E-state index in [2.05, 4.69) is 15.0 Å². The normalized spacial score (nSPS) is 14.9. The van der Waals surface area contributed by atoms with Crippen molar-refractivity contribution in [2.24, 2.45) is 0 Å². The van der Waals surface area contributed by atoms with Crippen LogP contribution in [0.5, 0.6) is 5.75 Å². The van der Waals surface area contributed by atoms with Crippen LogP contribution in [0, 0.1) is 0 Å². The molecule has 1 aliphatic rings. The van der Waals surface area contributed by atoms with Gasteiger partial charge in [0.05, 0.1) is 10.9 Å². The van der Waals surface area contributed by atoms with E-state index in [0.717, 1.165) is 18.2 Å². The number of nitrogens with zero attached hydrogens (tertiary/aromatic N) is 2. The van der Waals surface area contributed by atoms with Crippen LogP contribution in [0.4, 0.5) is 32.0 Å². The van der Waals surface area contributed by atoms with E-state index in [-0.39, 0.29) is 11.0 Å². The largest absolute Gasteiger partial charge is 0.491 e. The van der Waals surface area contributed by atoms with Crippen LogP contribution in [0.1, 0.15) is 5.56 Å². The number of esters is 1. The first-order valence-corrected chi connectivity index (χ1v) is 10.8. The number of anilines is 1. The quantitative estimate of drug-likeness (QED) is 0.236. The Morgan fingerprint density at radius 2 is 1.73 bits per heavy atom. The molecule has 1 aliphatic heterocycles. The first-order valence-electron chi connectivity index (χ1n) is 10.8. The summed E-state index contributed by atoms with van der Waals surface area (Å²) in [6.07, 6.45) is -10.3. The van der Waals surface area contributed by atoms with Gasteiger partial charge in [0.15, 0.2) is 16.9 Å². The van der Waals surface area contributed by atoms with E-state index in [1.807, 2.05) is 4.90 Å². The maximum absolute atomic E-state index is 13.4. The summed E-state index contributed by atoms with van der Waals surface area (Å²) < 4.78 is 94.6. The van der Waals surface area contributed by atoms with Crippen molar-refractivity contribution in [2.75, 3.05) is 31.1 Å². The van der Waals surface area contributed by atoms with Crippen molar-refractivity contribution in [2.45, 2.75) is 12.4 Å². The first kappa shape index (κ1) is 24.6. The number of oxazole rings is 1. The third-order valence-electron chi connectivity index (χ3n) is 5.69. The van der Waals surface area contributed by atoms with Crippen molar-refractivity contribution in [3.05, 3.63) is 52.4 Å². The molecule has 2 aromatic carbocycles. The molecular weight excluding hydrogens is 512 g/mol. The number of piperazine rings is 1. The zero-order valence-electron chi connectivity index (χ0n) is 18.5. The van der Waals surface area contributed by atoms with Gasteiger partial charge in [0.25, 0.3) is 0 Å². The zero-order valence-corrected chi connectivity index (χ0v) is 18.5. The number of para-hydroxylation sites is 1. The lowest BCUT2D eigenvalue weighted by molar-refractivity contribution is -0.189. The molecule has 37 heavy (non-hydrogen) atoms. The summed E-state index contributed by atoms with van der Waals surface area (Å²) >= 11 is 0. The Morgan fingerprint density at radius 1 is 1.00 bits per heavy atom. The minimum Gasteiger partial charge on any atom is -0.436 e. The number of carbonyl (C=O) groups excluding carboxylic acids is 1. The van der Waals surface area contributed by atoms with E-state index in [1.54, 1.807) is 0 Å². The summed E-state index contributed by atoms with van der Waals surface area (Å²) in [6, 6.07) is 7.08. The summed E-state index contributed by atoms with van der Waals surface area (Å²) in [6.45, 7) is 2.56. The average Bonchev–Trinajstić information content (AvgIpc) is 3.26. The van der Waals surface area contributed by atoms with Crippen molar-refractivity contribution in [3.8, 4) is 17.2 Å². The zero-order chi connectivity index (χ0) is 26.5. The SMILES string of the molecule is O=C(Oc1c(-c2nc3c(C(F)(F)F)cccc3o2)c(=O)oc2cc(N3CCNCC3)ccc12)C(F)(F)F. The number of fused-ring (bicyclic) bond motifs is 2. The van der Waals surface area contributed by atoms with Gasteiger partial charge < -0.3 is 23.8 Å². The fourth-order valence-electron chi connectivity index (χ4n) is 4.01. The minimum absolute atomic E-state index is 0.207. The molecule has 4 aromatic rings. The van der Waals surface area contributed by atoms with Gasteiger partial charge >= 0.3 is 23.9 Å². The molecule has 0 bridgehead atoms. The molecule has 0 amide bonds. The lowest BCUT2D eigenvalue weighted by Crippen LogP contribution is -2.43. The van der Waals surface area contributed by atoms with E-state index in [0.29, 0.717) is 31.9 Å². The highest BCUT2D eigenvalue weighted by Crippen LogP contribution is 2.40. The molecule has 0 radical (unpaired) electrons. The van der Waals surface area contributed by atoms with Gasteiger partial charge in [-0.05, 0) is 24.3 Å². The van der Waals surface area contributed by atoms with Crippen LogP contribution in [0.2, 0.25) is 0 Å². The van der Waals surface area contributed by atoms with Crippen molar-refractivity contribution in [3.63, 3.8) is 0 Å². The van der Waals surface area contributed by atoms with Crippen LogP contribution in [0.3, 0.4) is 0 Å². The maximum atomic E-state index is 13.4. The molecule has 8 nitrogen and oxygen atoms in total. The van der Waals surface area contributed by atoms with Gasteiger partial charge in [-0.15, -0.1) is 0 Å². The van der Waals surface area contributed by atoms with Crippen molar-refractivity contribution in [1.29, 1.82) is 0 Å². The smallest absolute Gasteiger partial charge is 0.436 e. The number of hydrogen-bond donors (Lipinski definition) is 1. The Kier molecular flexibility index (Phi) is 5.85. The summed E-state index contributed by atoms with van der Waals surface area (Å²) in [5.41, 5.74) is -4.09. The minimum atomic E-state index is -5.44. The fourth-order valence-corrected chi connectivity index (χ4v) is 4.01. The summed E-state index contributed by atoms with van der Waals surface area (Å²) in [4.78, 5) is 30.3. The summed E-state index contributed by atoms with van der Waals surface area (Å²) in [5.74, 6) is -4.36. The fraction of sp³-hybridized carbons (Fsp3) is 0.261. The number of nitrogens with one attached hydrogen (secondary N) is 1. The molecule has 1 fully saturated rings. The highest BCUT2D eigenvalue weighted by atomic mass is 19.4. The number of carbonyl (C=O) groups is 1. The summed E-state index contributed by atoms with van der Waals surface area (Å²) in [7, 11) is 0. The standard InChI is InChI=1S/C23H15F6N3O5/c24-22(25,26)13-2-1-3-14-17(13)31-19(35-14)16-18(37-21(34)23(27,28)29)12-5-4-11(10-15(12)36-20(16)33)32-8-6-30-7-9-32/h1-5,10,30H,6-9H2. The van der Waals surface area contributed by atoms with E-state index < -0.39 is 57.8 Å². The molecule has 3 heterocycles. The molecule has 1 saturated heterocycles. The van der Waals surface area contributed by atoms with Crippen molar-refractivity contribution >= 4 is 33.7 Å². The number of benzene rings is 2. The lowest BCUT2D eigenvalue weighted by atomic mass is 10.1. The molecule has 0 spiro atoms. The number of ether oxygens (including phenoxy) is 1. The van der Waals surface area contributed by atoms with Gasteiger partial charge in [-0.2, -0.15) is 26.3 Å². The van der Waals surface area contributed by atoms with Crippen LogP contribution in [-0.4, -0.2) is 43.3 Å². The predicted molar refractivity (Wildman–Crippen MR) is 117 cm³/mol. The molecule has 2 aromatic heterocycles. The second-order valence-electron chi connectivity index (χ2n) is 8.07. The molecule has 14 heteroatoms. The van der Waals surface area contributed by atoms with E-state index in [1.165, 1.54) is 18.2 Å². The average molecular weight is 527 g/mol. The lowest BCUT2D eigenvalue weighted by Gasteiger charge is -2.29. The molecule has 0 saturated carbocycles. The van der Waals surface area contributed by atoms with Crippen molar-refractivity contribution < 1.29 is 44.7 Å². The monoisotopic (exact) mass is 527 g/mol. The number of hydrogen-bond acceptors (Lipinski definition) is 8. The van der Waals surface area contributed by atoms with E-state index in [9.17, 15) is 35.9 Å². The Balaban J connectivity index is 1.73. The van der Waals surface area contributed by atoms with Crippen molar-refractivity contribution in [1.82, 2.24) is 10.3 Å². The molecule has 194 valence electrons.